The number of ether oxygens (including phenoxy) is 1. The van der Waals surface area contributed by atoms with Crippen molar-refractivity contribution in [1.29, 1.82) is 0 Å². The maximum atomic E-state index is 5.96. The van der Waals surface area contributed by atoms with E-state index in [2.05, 4.69) is 53.1 Å². The molecule has 0 aliphatic carbocycles. The Labute approximate surface area is 187 Å². The summed E-state index contributed by atoms with van der Waals surface area (Å²) in [6.07, 6.45) is 10.0. The number of anilines is 1. The van der Waals surface area contributed by atoms with Gasteiger partial charge in [-0.25, -0.2) is 9.98 Å². The van der Waals surface area contributed by atoms with Gasteiger partial charge in [0, 0.05) is 25.8 Å². The quantitative estimate of drug-likeness (QED) is 0.218. The van der Waals surface area contributed by atoms with Gasteiger partial charge in [0.15, 0.2) is 5.96 Å². The van der Waals surface area contributed by atoms with Gasteiger partial charge in [-0.3, -0.25) is 0 Å². The average Bonchev–Trinajstić information content (AvgIpc) is 2.65. The molecule has 1 aromatic heterocycles. The molecule has 7 heteroatoms. The summed E-state index contributed by atoms with van der Waals surface area (Å²) in [5, 5.41) is 3.20. The van der Waals surface area contributed by atoms with Crippen molar-refractivity contribution in [3.63, 3.8) is 0 Å². The summed E-state index contributed by atoms with van der Waals surface area (Å²) in [4.78, 5) is 11.3. The molecule has 1 fully saturated rings. The van der Waals surface area contributed by atoms with E-state index in [4.69, 9.17) is 10.5 Å². The van der Waals surface area contributed by atoms with Crippen LogP contribution < -0.4 is 16.0 Å². The Kier molecular flexibility index (Phi) is 12.5. The molecule has 0 bridgehead atoms. The summed E-state index contributed by atoms with van der Waals surface area (Å²) in [5.41, 5.74) is 7.02. The van der Waals surface area contributed by atoms with Gasteiger partial charge in [0.25, 0.3) is 0 Å². The number of guanidine groups is 1. The van der Waals surface area contributed by atoms with E-state index in [1.807, 2.05) is 6.20 Å². The molecule has 1 saturated heterocycles. The molecule has 0 saturated carbocycles. The fourth-order valence-corrected chi connectivity index (χ4v) is 3.42. The van der Waals surface area contributed by atoms with Gasteiger partial charge in [-0.05, 0) is 31.9 Å². The van der Waals surface area contributed by atoms with Crippen molar-refractivity contribution >= 4 is 35.8 Å². The number of rotatable bonds is 10. The predicted molar refractivity (Wildman–Crippen MR) is 129 cm³/mol. The van der Waals surface area contributed by atoms with Crippen molar-refractivity contribution in [3.8, 4) is 0 Å². The molecule has 1 aliphatic rings. The molecule has 160 valence electrons. The van der Waals surface area contributed by atoms with Gasteiger partial charge in [-0.2, -0.15) is 0 Å². The summed E-state index contributed by atoms with van der Waals surface area (Å²) in [7, 11) is 0. The second kappa shape index (κ2) is 14.0. The number of nitrogens with two attached hydrogens (primary N) is 1. The highest BCUT2D eigenvalue weighted by Crippen LogP contribution is 2.18. The van der Waals surface area contributed by atoms with Crippen LogP contribution in [0.5, 0.6) is 0 Å². The molecule has 3 N–H and O–H groups in total. The van der Waals surface area contributed by atoms with Crippen molar-refractivity contribution in [2.45, 2.75) is 78.0 Å². The van der Waals surface area contributed by atoms with Crippen LogP contribution in [0, 0.1) is 0 Å². The van der Waals surface area contributed by atoms with Gasteiger partial charge in [-0.15, -0.1) is 24.0 Å². The molecule has 6 nitrogen and oxygen atoms in total. The molecule has 1 aliphatic heterocycles. The smallest absolute Gasteiger partial charge is 0.188 e. The van der Waals surface area contributed by atoms with Crippen LogP contribution in [-0.4, -0.2) is 42.8 Å². The van der Waals surface area contributed by atoms with Crippen molar-refractivity contribution < 1.29 is 4.74 Å². The van der Waals surface area contributed by atoms with Crippen LogP contribution >= 0.6 is 24.0 Å². The van der Waals surface area contributed by atoms with Gasteiger partial charge >= 0.3 is 0 Å². The van der Waals surface area contributed by atoms with Crippen LogP contribution in [0.1, 0.15) is 64.9 Å². The molecule has 0 radical (unpaired) electrons. The first kappa shape index (κ1) is 24.9. The number of unbranched alkanes of at least 4 members (excludes halogenated alkanes) is 5. The molecule has 0 aromatic carbocycles. The SMILES string of the molecule is CCCCCCCCNC(N)=NCc1ccc(N2CC(C)OC(C)C2)nc1.I. The number of morpholine rings is 1. The maximum absolute atomic E-state index is 5.96. The Bertz CT molecular complexity index is 556. The zero-order valence-electron chi connectivity index (χ0n) is 17.7. The number of halogens is 1. The van der Waals surface area contributed by atoms with Crippen LogP contribution in [0.4, 0.5) is 5.82 Å². The summed E-state index contributed by atoms with van der Waals surface area (Å²) in [6, 6.07) is 4.15. The third-order valence-electron chi connectivity index (χ3n) is 4.82. The first-order valence-electron chi connectivity index (χ1n) is 10.5. The fourth-order valence-electron chi connectivity index (χ4n) is 3.42. The van der Waals surface area contributed by atoms with Crippen LogP contribution in [0.25, 0.3) is 0 Å². The van der Waals surface area contributed by atoms with E-state index in [9.17, 15) is 0 Å². The van der Waals surface area contributed by atoms with Crippen LogP contribution in [0.2, 0.25) is 0 Å². The highest BCUT2D eigenvalue weighted by atomic mass is 127. The van der Waals surface area contributed by atoms with E-state index in [1.54, 1.807) is 0 Å². The lowest BCUT2D eigenvalue weighted by Gasteiger charge is -2.36. The minimum atomic E-state index is 0. The fraction of sp³-hybridized carbons (Fsp3) is 0.714. The Hall–Kier alpha value is -1.09. The lowest BCUT2D eigenvalue weighted by molar-refractivity contribution is -0.00545. The van der Waals surface area contributed by atoms with Crippen molar-refractivity contribution in [1.82, 2.24) is 10.3 Å². The zero-order chi connectivity index (χ0) is 19.5. The lowest BCUT2D eigenvalue weighted by atomic mass is 10.1. The van der Waals surface area contributed by atoms with E-state index < -0.39 is 0 Å². The van der Waals surface area contributed by atoms with Crippen LogP contribution in [0.3, 0.4) is 0 Å². The number of nitrogens with one attached hydrogen (secondary N) is 1. The highest BCUT2D eigenvalue weighted by Gasteiger charge is 2.22. The lowest BCUT2D eigenvalue weighted by Crippen LogP contribution is -2.45. The minimum Gasteiger partial charge on any atom is -0.372 e. The Morgan fingerprint density at radius 3 is 2.50 bits per heavy atom. The number of hydrogen-bond donors (Lipinski definition) is 2. The number of pyridine rings is 1. The molecule has 2 unspecified atom stereocenters. The predicted octanol–water partition coefficient (Wildman–Crippen LogP) is 4.08. The van der Waals surface area contributed by atoms with Crippen LogP contribution in [-0.2, 0) is 11.3 Å². The topological polar surface area (TPSA) is 75.8 Å². The van der Waals surface area contributed by atoms with Gasteiger partial charge in [0.1, 0.15) is 5.82 Å². The molecule has 28 heavy (non-hydrogen) atoms. The zero-order valence-corrected chi connectivity index (χ0v) is 20.0. The summed E-state index contributed by atoms with van der Waals surface area (Å²) < 4.78 is 5.78. The highest BCUT2D eigenvalue weighted by molar-refractivity contribution is 14.0. The molecule has 1 aromatic rings. The van der Waals surface area contributed by atoms with Gasteiger partial charge in [0.05, 0.1) is 18.8 Å². The normalized spacial score (nSPS) is 20.0. The standard InChI is InChI=1S/C21H37N5O.HI/c1-4-5-6-7-8-9-12-23-21(22)25-14-19-10-11-20(24-13-19)26-15-17(2)27-18(3)16-26;/h10-11,13,17-18H,4-9,12,14-16H2,1-3H3,(H3,22,23,25);1H. The summed E-state index contributed by atoms with van der Waals surface area (Å²) in [6.45, 7) is 9.66. The van der Waals surface area contributed by atoms with Gasteiger partial charge < -0.3 is 20.7 Å². The van der Waals surface area contributed by atoms with E-state index in [0.717, 1.165) is 37.4 Å². The van der Waals surface area contributed by atoms with Crippen molar-refractivity contribution in [3.05, 3.63) is 23.9 Å². The number of aliphatic imine (C=N–C) groups is 1. The average molecular weight is 503 g/mol. The van der Waals surface area contributed by atoms with E-state index in [-0.39, 0.29) is 36.2 Å². The van der Waals surface area contributed by atoms with Gasteiger partial charge in [-0.1, -0.05) is 45.1 Å². The number of nitrogens with zero attached hydrogens (tertiary/aromatic N) is 3. The molecule has 0 amide bonds. The minimum absolute atomic E-state index is 0. The third-order valence-corrected chi connectivity index (χ3v) is 4.82. The molecule has 2 rings (SSSR count). The van der Waals surface area contributed by atoms with Crippen LogP contribution in [0.15, 0.2) is 23.3 Å². The van der Waals surface area contributed by atoms with E-state index >= 15 is 0 Å². The van der Waals surface area contributed by atoms with E-state index in [1.165, 1.54) is 32.1 Å². The molecule has 2 atom stereocenters. The summed E-state index contributed by atoms with van der Waals surface area (Å²) >= 11 is 0. The Morgan fingerprint density at radius 2 is 1.86 bits per heavy atom. The van der Waals surface area contributed by atoms with Gasteiger partial charge in [0.2, 0.25) is 0 Å². The van der Waals surface area contributed by atoms with E-state index in [0.29, 0.717) is 12.5 Å². The molecule has 2 heterocycles. The largest absolute Gasteiger partial charge is 0.372 e. The maximum Gasteiger partial charge on any atom is 0.188 e. The summed E-state index contributed by atoms with van der Waals surface area (Å²) in [5.74, 6) is 1.52. The first-order chi connectivity index (χ1) is 13.1. The second-order valence-electron chi connectivity index (χ2n) is 7.58. The molecular weight excluding hydrogens is 465 g/mol. The third kappa shape index (κ3) is 9.41. The second-order valence-corrected chi connectivity index (χ2v) is 7.58. The monoisotopic (exact) mass is 503 g/mol. The Morgan fingerprint density at radius 1 is 1.18 bits per heavy atom. The molecular formula is C21H38IN5O. The number of hydrogen-bond acceptors (Lipinski definition) is 4. The Balaban J connectivity index is 0.00000392. The van der Waals surface area contributed by atoms with Crippen molar-refractivity contribution in [2.75, 3.05) is 24.5 Å². The number of aromatic nitrogens is 1. The molecule has 0 spiro atoms. The first-order valence-corrected chi connectivity index (χ1v) is 10.5. The van der Waals surface area contributed by atoms with Crippen molar-refractivity contribution in [2.24, 2.45) is 10.7 Å².